The second kappa shape index (κ2) is 9.43. The fourth-order valence-corrected chi connectivity index (χ4v) is 4.21. The molecule has 2 N–H and O–H groups in total. The molecule has 31 heavy (non-hydrogen) atoms. The first-order chi connectivity index (χ1) is 15.0. The van der Waals surface area contributed by atoms with Crippen LogP contribution in [0.2, 0.25) is 5.02 Å². The van der Waals surface area contributed by atoms with Crippen LogP contribution in [-0.2, 0) is 4.79 Å². The third kappa shape index (κ3) is 5.02. The summed E-state index contributed by atoms with van der Waals surface area (Å²) >= 11 is 6.42. The van der Waals surface area contributed by atoms with Gasteiger partial charge in [-0.15, -0.1) is 0 Å². The van der Waals surface area contributed by atoms with Gasteiger partial charge in [-0.1, -0.05) is 41.9 Å². The Morgan fingerprint density at radius 3 is 2.45 bits per heavy atom. The van der Waals surface area contributed by atoms with Gasteiger partial charge in [-0.05, 0) is 55.0 Å². The summed E-state index contributed by atoms with van der Waals surface area (Å²) in [4.78, 5) is 20.8. The minimum Gasteiger partial charge on any atom is -0.359 e. The molecule has 2 aromatic carbocycles. The van der Waals surface area contributed by atoms with Crippen molar-refractivity contribution < 1.29 is 9.18 Å². The smallest absolute Gasteiger partial charge is 0.223 e. The number of nitrogens with zero attached hydrogens (tertiary/aromatic N) is 2. The molecule has 1 aromatic heterocycles. The standard InChI is InChI=1S/C24H24ClFN4O/c1-27-23(31)16-7-11-20(12-8-16)29-24-28-14-21(25)22(30-24)18-4-2-3-17(13-18)15-5-9-19(26)10-6-15/h2-6,9-10,13-14,16,20H,7-8,11-12H2,1H3,(H,27,31)(H,28,29,30). The van der Waals surface area contributed by atoms with Crippen LogP contribution in [0.3, 0.4) is 0 Å². The maximum Gasteiger partial charge on any atom is 0.223 e. The largest absolute Gasteiger partial charge is 0.359 e. The van der Waals surface area contributed by atoms with E-state index in [1.54, 1.807) is 25.4 Å². The SMILES string of the molecule is CNC(=O)C1CCC(Nc2ncc(Cl)c(-c3cccc(-c4ccc(F)cc4)c3)n2)CC1. The number of aromatic nitrogens is 2. The van der Waals surface area contributed by atoms with E-state index in [9.17, 15) is 9.18 Å². The molecule has 0 bridgehead atoms. The first-order valence-electron chi connectivity index (χ1n) is 10.4. The van der Waals surface area contributed by atoms with Gasteiger partial charge in [0, 0.05) is 24.6 Å². The van der Waals surface area contributed by atoms with E-state index in [0.29, 0.717) is 16.7 Å². The summed E-state index contributed by atoms with van der Waals surface area (Å²) in [5.74, 6) is 0.456. The molecule has 1 fully saturated rings. The molecule has 7 heteroatoms. The summed E-state index contributed by atoms with van der Waals surface area (Å²) in [6.45, 7) is 0. The Morgan fingerprint density at radius 2 is 1.74 bits per heavy atom. The topological polar surface area (TPSA) is 66.9 Å². The molecule has 4 rings (SSSR count). The summed E-state index contributed by atoms with van der Waals surface area (Å²) in [5.41, 5.74) is 3.37. The normalized spacial score (nSPS) is 18.4. The van der Waals surface area contributed by atoms with Crippen molar-refractivity contribution in [2.45, 2.75) is 31.7 Å². The number of halogens is 2. The number of amides is 1. The van der Waals surface area contributed by atoms with Crippen LogP contribution in [0, 0.1) is 11.7 Å². The van der Waals surface area contributed by atoms with Gasteiger partial charge in [0.15, 0.2) is 0 Å². The van der Waals surface area contributed by atoms with Gasteiger partial charge in [0.25, 0.3) is 0 Å². The lowest BCUT2D eigenvalue weighted by molar-refractivity contribution is -0.125. The molecule has 1 amide bonds. The number of carbonyl (C=O) groups is 1. The molecule has 0 atom stereocenters. The molecule has 1 saturated carbocycles. The maximum absolute atomic E-state index is 13.3. The third-order valence-corrected chi connectivity index (χ3v) is 6.01. The minimum atomic E-state index is -0.265. The molecular weight excluding hydrogens is 415 g/mol. The zero-order valence-electron chi connectivity index (χ0n) is 17.2. The van der Waals surface area contributed by atoms with Crippen molar-refractivity contribution in [3.8, 4) is 22.4 Å². The number of nitrogens with one attached hydrogen (secondary N) is 2. The Bertz CT molecular complexity index is 1070. The highest BCUT2D eigenvalue weighted by atomic mass is 35.5. The monoisotopic (exact) mass is 438 g/mol. The first-order valence-corrected chi connectivity index (χ1v) is 10.8. The van der Waals surface area contributed by atoms with Crippen molar-refractivity contribution in [3.05, 3.63) is 65.6 Å². The molecule has 0 aliphatic heterocycles. The molecule has 1 aliphatic carbocycles. The van der Waals surface area contributed by atoms with Gasteiger partial charge in [-0.3, -0.25) is 4.79 Å². The van der Waals surface area contributed by atoms with Crippen molar-refractivity contribution in [1.82, 2.24) is 15.3 Å². The van der Waals surface area contributed by atoms with E-state index in [0.717, 1.165) is 42.4 Å². The molecule has 160 valence electrons. The fourth-order valence-electron chi connectivity index (χ4n) is 4.01. The van der Waals surface area contributed by atoms with Crippen LogP contribution < -0.4 is 10.6 Å². The quantitative estimate of drug-likeness (QED) is 0.565. The van der Waals surface area contributed by atoms with E-state index in [2.05, 4.69) is 20.6 Å². The second-order valence-corrected chi connectivity index (χ2v) is 8.19. The number of hydrogen-bond donors (Lipinski definition) is 2. The van der Waals surface area contributed by atoms with Gasteiger partial charge in [0.05, 0.1) is 16.9 Å². The van der Waals surface area contributed by atoms with E-state index in [-0.39, 0.29) is 23.7 Å². The van der Waals surface area contributed by atoms with E-state index in [4.69, 9.17) is 11.6 Å². The van der Waals surface area contributed by atoms with Crippen LogP contribution in [0.5, 0.6) is 0 Å². The number of rotatable bonds is 5. The van der Waals surface area contributed by atoms with Crippen molar-refractivity contribution in [2.75, 3.05) is 12.4 Å². The average molecular weight is 439 g/mol. The van der Waals surface area contributed by atoms with E-state index in [1.807, 2.05) is 24.3 Å². The Hall–Kier alpha value is -2.99. The number of hydrogen-bond acceptors (Lipinski definition) is 4. The Morgan fingerprint density at radius 1 is 1.03 bits per heavy atom. The maximum atomic E-state index is 13.3. The minimum absolute atomic E-state index is 0.0824. The van der Waals surface area contributed by atoms with Gasteiger partial charge in [-0.2, -0.15) is 0 Å². The predicted molar refractivity (Wildman–Crippen MR) is 121 cm³/mol. The molecule has 0 saturated heterocycles. The number of benzene rings is 2. The molecule has 3 aromatic rings. The van der Waals surface area contributed by atoms with Crippen LogP contribution in [0.4, 0.5) is 10.3 Å². The summed E-state index contributed by atoms with van der Waals surface area (Å²) in [6, 6.07) is 14.4. The van der Waals surface area contributed by atoms with Crippen molar-refractivity contribution in [3.63, 3.8) is 0 Å². The van der Waals surface area contributed by atoms with Crippen molar-refractivity contribution in [1.29, 1.82) is 0 Å². The molecular formula is C24H24ClFN4O. The van der Waals surface area contributed by atoms with Crippen molar-refractivity contribution in [2.24, 2.45) is 5.92 Å². The van der Waals surface area contributed by atoms with Gasteiger partial charge in [0.1, 0.15) is 5.82 Å². The Kier molecular flexibility index (Phi) is 6.47. The lowest BCUT2D eigenvalue weighted by Gasteiger charge is -2.28. The third-order valence-electron chi connectivity index (χ3n) is 5.74. The summed E-state index contributed by atoms with van der Waals surface area (Å²) in [6.07, 6.45) is 5.07. The molecule has 0 radical (unpaired) electrons. The van der Waals surface area contributed by atoms with Crippen LogP contribution >= 0.6 is 11.6 Å². The highest BCUT2D eigenvalue weighted by Gasteiger charge is 2.26. The highest BCUT2D eigenvalue weighted by Crippen LogP contribution is 2.31. The predicted octanol–water partition coefficient (Wildman–Crippen LogP) is 5.32. The van der Waals surface area contributed by atoms with E-state index < -0.39 is 0 Å². The Labute approximate surface area is 186 Å². The zero-order chi connectivity index (χ0) is 21.8. The Balaban J connectivity index is 1.52. The molecule has 5 nitrogen and oxygen atoms in total. The van der Waals surface area contributed by atoms with E-state index >= 15 is 0 Å². The van der Waals surface area contributed by atoms with Gasteiger partial charge in [0.2, 0.25) is 11.9 Å². The summed E-state index contributed by atoms with van der Waals surface area (Å²) < 4.78 is 13.3. The first kappa shape index (κ1) is 21.2. The molecule has 0 unspecified atom stereocenters. The second-order valence-electron chi connectivity index (χ2n) is 7.78. The van der Waals surface area contributed by atoms with Crippen LogP contribution in [0.1, 0.15) is 25.7 Å². The zero-order valence-corrected chi connectivity index (χ0v) is 18.0. The fraction of sp³-hybridized carbons (Fsp3) is 0.292. The molecule has 1 heterocycles. The number of anilines is 1. The van der Waals surface area contributed by atoms with Gasteiger partial charge < -0.3 is 10.6 Å². The number of carbonyl (C=O) groups excluding carboxylic acids is 1. The van der Waals surface area contributed by atoms with Crippen LogP contribution in [-0.4, -0.2) is 29.0 Å². The highest BCUT2D eigenvalue weighted by molar-refractivity contribution is 6.32. The average Bonchev–Trinajstić information content (AvgIpc) is 2.81. The van der Waals surface area contributed by atoms with E-state index in [1.165, 1.54) is 12.1 Å². The summed E-state index contributed by atoms with van der Waals surface area (Å²) in [5, 5.41) is 6.59. The van der Waals surface area contributed by atoms with Crippen LogP contribution in [0.15, 0.2) is 54.7 Å². The van der Waals surface area contributed by atoms with Crippen LogP contribution in [0.25, 0.3) is 22.4 Å². The lowest BCUT2D eigenvalue weighted by atomic mass is 9.85. The molecule has 0 spiro atoms. The van der Waals surface area contributed by atoms with Crippen molar-refractivity contribution >= 4 is 23.5 Å². The molecule has 1 aliphatic rings. The van der Waals surface area contributed by atoms with Gasteiger partial charge in [-0.25, -0.2) is 14.4 Å². The summed E-state index contributed by atoms with van der Waals surface area (Å²) in [7, 11) is 1.68. The van der Waals surface area contributed by atoms with Gasteiger partial charge >= 0.3 is 0 Å². The lowest BCUT2D eigenvalue weighted by Crippen LogP contribution is -2.34.